The SMILES string of the molecule is C1=CC2CC1C1C3CC(C4CCCCC4)C(C3)C21.C1=CC2CC1C1C3CC(CC4CCCCC4)C(C3)C21.C1=CC2CC1C1C3CC(CCC4CCCCC4)C(C3)C21.C=C(C)OCC1CC2CC1C1C3C=CC(C3)C21. The topological polar surface area (TPSA) is 9.23 Å². The Kier molecular flexibility index (Phi) is 12.9. The third kappa shape index (κ3) is 8.14. The smallest absolute Gasteiger partial charge is 0.0907 e. The first kappa shape index (κ1) is 48.4. The van der Waals surface area contributed by atoms with Crippen LogP contribution in [0.1, 0.15) is 200 Å². The quantitative estimate of drug-likeness (QED) is 0.127. The Morgan fingerprint density at radius 2 is 0.703 bits per heavy atom. The number of rotatable bonds is 9. The summed E-state index contributed by atoms with van der Waals surface area (Å²) in [7, 11) is 0. The van der Waals surface area contributed by atoms with E-state index >= 15 is 0 Å². The maximum absolute atomic E-state index is 5.69. The van der Waals surface area contributed by atoms with Crippen LogP contribution in [0.5, 0.6) is 0 Å². The summed E-state index contributed by atoms with van der Waals surface area (Å²) in [6.07, 6.45) is 67.3. The van der Waals surface area contributed by atoms with Gasteiger partial charge < -0.3 is 4.74 Å². The lowest BCUT2D eigenvalue weighted by Gasteiger charge is -2.41. The second-order valence-electron chi connectivity index (χ2n) is 32.2. The van der Waals surface area contributed by atoms with E-state index in [1.807, 2.05) is 6.92 Å². The van der Waals surface area contributed by atoms with Crippen molar-refractivity contribution in [3.05, 3.63) is 60.9 Å². The Balaban J connectivity index is 0.0000000841. The van der Waals surface area contributed by atoms with Gasteiger partial charge in [-0.2, -0.15) is 0 Å². The molecule has 1 nitrogen and oxygen atoms in total. The summed E-state index contributed by atoms with van der Waals surface area (Å²) in [5, 5.41) is 0. The van der Waals surface area contributed by atoms with Gasteiger partial charge in [-0.25, -0.2) is 0 Å². The highest BCUT2D eigenvalue weighted by Gasteiger charge is 2.64. The molecule has 74 heavy (non-hydrogen) atoms. The average molecular weight is 1000 g/mol. The molecule has 0 spiro atoms. The van der Waals surface area contributed by atoms with E-state index in [1.165, 1.54) is 70.6 Å². The van der Waals surface area contributed by atoms with Crippen LogP contribution >= 0.6 is 0 Å². The van der Waals surface area contributed by atoms with Crippen molar-refractivity contribution in [3.63, 3.8) is 0 Å². The van der Waals surface area contributed by atoms with Gasteiger partial charge in [-0.05, 0) is 280 Å². The number of hydrogen-bond donors (Lipinski definition) is 0. The molecule has 0 N–H and O–H groups in total. The molecule has 0 aliphatic heterocycles. The molecule has 404 valence electrons. The molecule has 19 rings (SSSR count). The first-order valence-electron chi connectivity index (χ1n) is 34.5. The number of ether oxygens (including phenoxy) is 1. The summed E-state index contributed by atoms with van der Waals surface area (Å²) in [4.78, 5) is 0. The van der Waals surface area contributed by atoms with Gasteiger partial charge in [0.05, 0.1) is 12.4 Å². The predicted molar refractivity (Wildman–Crippen MR) is 304 cm³/mol. The summed E-state index contributed by atoms with van der Waals surface area (Å²) >= 11 is 0. The largest absolute Gasteiger partial charge is 0.499 e. The first-order valence-corrected chi connectivity index (χ1v) is 34.5. The van der Waals surface area contributed by atoms with Gasteiger partial charge in [0.2, 0.25) is 0 Å². The van der Waals surface area contributed by atoms with E-state index in [9.17, 15) is 0 Å². The lowest BCUT2D eigenvalue weighted by molar-refractivity contribution is 0.0806. The highest BCUT2D eigenvalue weighted by molar-refractivity contribution is 5.24. The van der Waals surface area contributed by atoms with E-state index in [0.29, 0.717) is 0 Å². The molecule has 0 heterocycles. The second-order valence-corrected chi connectivity index (χ2v) is 32.2. The Morgan fingerprint density at radius 1 is 0.338 bits per heavy atom. The van der Waals surface area contributed by atoms with E-state index in [4.69, 9.17) is 4.74 Å². The van der Waals surface area contributed by atoms with E-state index < -0.39 is 0 Å². The maximum Gasteiger partial charge on any atom is 0.0907 e. The molecule has 19 aliphatic rings. The van der Waals surface area contributed by atoms with Gasteiger partial charge in [-0.15, -0.1) is 0 Å². The van der Waals surface area contributed by atoms with Crippen LogP contribution in [0.25, 0.3) is 0 Å². The fourth-order valence-corrected chi connectivity index (χ4v) is 27.5. The van der Waals surface area contributed by atoms with Crippen molar-refractivity contribution < 1.29 is 4.74 Å². The van der Waals surface area contributed by atoms with Crippen molar-refractivity contribution in [2.45, 2.75) is 200 Å². The number of fused-ring (bicyclic) bond motifs is 36. The zero-order chi connectivity index (χ0) is 48.8. The molecule has 15 saturated carbocycles. The molecule has 16 bridgehead atoms. The van der Waals surface area contributed by atoms with Crippen molar-refractivity contribution in [3.8, 4) is 0 Å². The Morgan fingerprint density at radius 3 is 1.20 bits per heavy atom. The molecule has 0 amide bonds. The number of allylic oxidation sites excluding steroid dienone is 9. The van der Waals surface area contributed by atoms with Crippen LogP contribution in [-0.2, 0) is 4.74 Å². The van der Waals surface area contributed by atoms with E-state index in [-0.39, 0.29) is 0 Å². The normalized spacial score (nSPS) is 54.6. The van der Waals surface area contributed by atoms with Crippen LogP contribution in [0.15, 0.2) is 60.9 Å². The Hall–Kier alpha value is -1.50. The standard InChI is InChI=1S/C20H30.C19H28.C18H26.C16H22O/c1-2-4-13(5-3-1)6-7-14-10-17-12-18(14)20-16-9-8-15(11-16)19(17)20;1-2-4-12(5-3-1)8-15-10-16-11-17(15)19-14-7-6-13(9-14)18(16)19;1-2-4-11(5-3-1)15-9-14-10-16(15)18-13-7-6-12(8-13)17(14)18;1-9(2)17-8-13-6-12-7-14(13)16-11-4-3-10(5-11)15(12)16/h8-9,13-20H,1-7,10-12H2;6-7,12-19H,1-5,8-11H2;6-7,11-18H,1-5,8-10H2;3-4,10-16H,1,5-8H2,2H3. The highest BCUT2D eigenvalue weighted by atomic mass is 16.5. The summed E-state index contributed by atoms with van der Waals surface area (Å²) in [5.41, 5.74) is 0. The summed E-state index contributed by atoms with van der Waals surface area (Å²) in [6.45, 7) is 6.75. The molecule has 28 unspecified atom stereocenters. The Bertz CT molecular complexity index is 2160. The molecule has 0 radical (unpaired) electrons. The van der Waals surface area contributed by atoms with Gasteiger partial charge in [-0.1, -0.05) is 158 Å². The third-order valence-corrected chi connectivity index (χ3v) is 29.4. The van der Waals surface area contributed by atoms with Gasteiger partial charge in [0, 0.05) is 0 Å². The van der Waals surface area contributed by atoms with E-state index in [1.54, 1.807) is 122 Å². The van der Waals surface area contributed by atoms with Crippen LogP contribution in [0.4, 0.5) is 0 Å². The summed E-state index contributed by atoms with van der Waals surface area (Å²) < 4.78 is 5.69. The molecular weight excluding hydrogens is 893 g/mol. The van der Waals surface area contributed by atoms with Crippen LogP contribution < -0.4 is 0 Å². The first-order chi connectivity index (χ1) is 36.5. The van der Waals surface area contributed by atoms with Gasteiger partial charge >= 0.3 is 0 Å². The zero-order valence-electron chi connectivity index (χ0n) is 47.1. The molecule has 19 aliphatic carbocycles. The van der Waals surface area contributed by atoms with Crippen LogP contribution in [0.3, 0.4) is 0 Å². The van der Waals surface area contributed by atoms with Gasteiger partial charge in [0.1, 0.15) is 0 Å². The minimum Gasteiger partial charge on any atom is -0.499 e. The summed E-state index contributed by atoms with van der Waals surface area (Å²) in [5.74, 6) is 34.2. The fourth-order valence-electron chi connectivity index (χ4n) is 27.5. The summed E-state index contributed by atoms with van der Waals surface area (Å²) in [6, 6.07) is 0. The monoisotopic (exact) mass is 999 g/mol. The van der Waals surface area contributed by atoms with Crippen LogP contribution in [-0.4, -0.2) is 6.61 Å². The fraction of sp³-hybridized carbons (Fsp3) is 0.863. The highest BCUT2D eigenvalue weighted by Crippen LogP contribution is 2.71. The minimum atomic E-state index is 0.825. The van der Waals surface area contributed by atoms with Crippen molar-refractivity contribution in [1.82, 2.24) is 0 Å². The third-order valence-electron chi connectivity index (χ3n) is 29.4. The van der Waals surface area contributed by atoms with E-state index in [0.717, 1.165) is 196 Å². The molecule has 0 saturated heterocycles. The maximum atomic E-state index is 5.69. The number of hydrogen-bond acceptors (Lipinski definition) is 1. The van der Waals surface area contributed by atoms with Crippen molar-refractivity contribution >= 4 is 0 Å². The lowest BCUT2D eigenvalue weighted by Crippen LogP contribution is -2.34. The molecular formula is C73H106O. The van der Waals surface area contributed by atoms with Crippen LogP contribution in [0.2, 0.25) is 0 Å². The molecule has 28 atom stereocenters. The predicted octanol–water partition coefficient (Wildman–Crippen LogP) is 18.8. The average Bonchev–Trinajstić information content (AvgIpc) is 4.30. The second kappa shape index (κ2) is 19.6. The minimum absolute atomic E-state index is 0.825. The lowest BCUT2D eigenvalue weighted by atomic mass is 9.64. The Labute approximate surface area is 453 Å². The zero-order valence-corrected chi connectivity index (χ0v) is 47.1. The van der Waals surface area contributed by atoms with E-state index in [2.05, 4.69) is 55.2 Å². The van der Waals surface area contributed by atoms with Gasteiger partial charge in [0.25, 0.3) is 0 Å². The van der Waals surface area contributed by atoms with Crippen LogP contribution in [0, 0.1) is 183 Å². The van der Waals surface area contributed by atoms with Crippen molar-refractivity contribution in [2.75, 3.05) is 6.61 Å². The molecule has 0 aromatic heterocycles. The molecule has 0 aromatic carbocycles. The van der Waals surface area contributed by atoms with Crippen molar-refractivity contribution in [1.29, 1.82) is 0 Å². The van der Waals surface area contributed by atoms with Crippen molar-refractivity contribution in [2.24, 2.45) is 183 Å². The van der Waals surface area contributed by atoms with Gasteiger partial charge in [0.15, 0.2) is 0 Å². The van der Waals surface area contributed by atoms with Gasteiger partial charge in [-0.3, -0.25) is 0 Å². The molecule has 15 fully saturated rings. The molecule has 0 aromatic rings. The molecule has 1 heteroatoms.